The average molecular weight is 339 g/mol. The zero-order valence-electron chi connectivity index (χ0n) is 10.5. The predicted octanol–water partition coefficient (Wildman–Crippen LogP) is 3.69. The fourth-order valence-electron chi connectivity index (χ4n) is 1.96. The largest absolute Gasteiger partial charge is 0.486 e. The Kier molecular flexibility index (Phi) is 3.40. The van der Waals surface area contributed by atoms with Gasteiger partial charge in [-0.25, -0.2) is 4.39 Å². The molecule has 0 aromatic heterocycles. The van der Waals surface area contributed by atoms with Gasteiger partial charge in [0.25, 0.3) is 0 Å². The number of benzene rings is 2. The van der Waals surface area contributed by atoms with Crippen LogP contribution in [0.1, 0.15) is 0 Å². The molecule has 6 heteroatoms. The zero-order valence-corrected chi connectivity index (χ0v) is 12.0. The van der Waals surface area contributed by atoms with E-state index in [4.69, 9.17) is 15.2 Å². The number of nitrogen functional groups attached to an aromatic ring is 1. The summed E-state index contributed by atoms with van der Waals surface area (Å²) in [4.78, 5) is 0. The van der Waals surface area contributed by atoms with Crippen LogP contribution in [-0.4, -0.2) is 13.2 Å². The van der Waals surface area contributed by atoms with E-state index in [9.17, 15) is 4.39 Å². The van der Waals surface area contributed by atoms with Crippen molar-refractivity contribution in [2.24, 2.45) is 0 Å². The molecule has 104 valence electrons. The lowest BCUT2D eigenvalue weighted by Gasteiger charge is -2.21. The molecule has 1 aliphatic heterocycles. The fourth-order valence-corrected chi connectivity index (χ4v) is 2.41. The van der Waals surface area contributed by atoms with E-state index in [2.05, 4.69) is 21.2 Å². The highest BCUT2D eigenvalue weighted by atomic mass is 79.9. The molecule has 0 saturated heterocycles. The summed E-state index contributed by atoms with van der Waals surface area (Å²) in [7, 11) is 0. The lowest BCUT2D eigenvalue weighted by atomic mass is 10.2. The monoisotopic (exact) mass is 338 g/mol. The van der Waals surface area contributed by atoms with Gasteiger partial charge < -0.3 is 20.5 Å². The van der Waals surface area contributed by atoms with E-state index in [1.165, 1.54) is 6.07 Å². The van der Waals surface area contributed by atoms with E-state index >= 15 is 0 Å². The van der Waals surface area contributed by atoms with Crippen LogP contribution in [0.5, 0.6) is 11.5 Å². The average Bonchev–Trinajstić information content (AvgIpc) is 2.43. The molecule has 3 rings (SSSR count). The molecule has 2 aromatic rings. The van der Waals surface area contributed by atoms with Gasteiger partial charge in [0.2, 0.25) is 0 Å². The Labute approximate surface area is 123 Å². The maximum Gasteiger partial charge on any atom is 0.163 e. The summed E-state index contributed by atoms with van der Waals surface area (Å²) in [5.74, 6) is 0.834. The summed E-state index contributed by atoms with van der Waals surface area (Å²) < 4.78 is 25.4. The van der Waals surface area contributed by atoms with Crippen LogP contribution in [-0.2, 0) is 0 Å². The lowest BCUT2D eigenvalue weighted by molar-refractivity contribution is 0.172. The third-order valence-corrected chi connectivity index (χ3v) is 3.60. The van der Waals surface area contributed by atoms with Gasteiger partial charge in [0.15, 0.2) is 11.5 Å². The number of para-hydroxylation sites is 1. The lowest BCUT2D eigenvalue weighted by Crippen LogP contribution is -2.15. The zero-order chi connectivity index (χ0) is 14.1. The number of halogens is 2. The van der Waals surface area contributed by atoms with Gasteiger partial charge in [-0.05, 0) is 28.1 Å². The summed E-state index contributed by atoms with van der Waals surface area (Å²) in [6.45, 7) is 0.984. The van der Waals surface area contributed by atoms with Crippen LogP contribution in [0.4, 0.5) is 21.5 Å². The Balaban J connectivity index is 1.98. The second kappa shape index (κ2) is 5.20. The van der Waals surface area contributed by atoms with Crippen LogP contribution < -0.4 is 20.5 Å². The molecule has 4 nitrogen and oxygen atoms in total. The van der Waals surface area contributed by atoms with Gasteiger partial charge >= 0.3 is 0 Å². The maximum atomic E-state index is 13.8. The van der Waals surface area contributed by atoms with Gasteiger partial charge in [-0.3, -0.25) is 0 Å². The van der Waals surface area contributed by atoms with E-state index in [-0.39, 0.29) is 5.82 Å². The van der Waals surface area contributed by atoms with Crippen LogP contribution >= 0.6 is 15.9 Å². The van der Waals surface area contributed by atoms with Gasteiger partial charge in [0, 0.05) is 16.6 Å². The maximum absolute atomic E-state index is 13.8. The van der Waals surface area contributed by atoms with Gasteiger partial charge in [-0.2, -0.15) is 0 Å². The molecule has 0 fully saturated rings. The van der Waals surface area contributed by atoms with Crippen LogP contribution in [0.2, 0.25) is 0 Å². The number of hydrogen-bond donors (Lipinski definition) is 2. The van der Waals surface area contributed by atoms with E-state index in [0.29, 0.717) is 46.2 Å². The second-order valence-electron chi connectivity index (χ2n) is 4.30. The number of hydrogen-bond acceptors (Lipinski definition) is 4. The van der Waals surface area contributed by atoms with E-state index < -0.39 is 0 Å². The fraction of sp³-hybridized carbons (Fsp3) is 0.143. The highest BCUT2D eigenvalue weighted by Crippen LogP contribution is 2.39. The quantitative estimate of drug-likeness (QED) is 0.820. The Morgan fingerprint density at radius 1 is 1.15 bits per heavy atom. The molecule has 0 amide bonds. The van der Waals surface area contributed by atoms with Gasteiger partial charge in [0.05, 0.1) is 17.1 Å². The van der Waals surface area contributed by atoms with Gasteiger partial charge in [0.1, 0.15) is 19.0 Å². The van der Waals surface area contributed by atoms with Crippen molar-refractivity contribution in [1.82, 2.24) is 0 Å². The summed E-state index contributed by atoms with van der Waals surface area (Å²) in [5, 5.41) is 2.98. The summed E-state index contributed by atoms with van der Waals surface area (Å²) >= 11 is 3.30. The molecular weight excluding hydrogens is 327 g/mol. The molecule has 1 heterocycles. The first-order valence-corrected chi connectivity index (χ1v) is 6.84. The standard InChI is InChI=1S/C14H12BrFN2O2/c15-8-2-1-3-9(16)14(8)18-11-7-13-12(6-10(11)17)19-4-5-20-13/h1-3,6-7,18H,4-5,17H2. The van der Waals surface area contributed by atoms with E-state index in [1.807, 2.05) is 0 Å². The number of nitrogens with one attached hydrogen (secondary N) is 1. The van der Waals surface area contributed by atoms with Crippen molar-refractivity contribution in [3.05, 3.63) is 40.6 Å². The van der Waals surface area contributed by atoms with E-state index in [0.717, 1.165) is 0 Å². The smallest absolute Gasteiger partial charge is 0.163 e. The van der Waals surface area contributed by atoms with Crippen molar-refractivity contribution >= 4 is 33.0 Å². The van der Waals surface area contributed by atoms with Crippen molar-refractivity contribution in [3.63, 3.8) is 0 Å². The van der Waals surface area contributed by atoms with Gasteiger partial charge in [-0.1, -0.05) is 6.07 Å². The topological polar surface area (TPSA) is 56.5 Å². The van der Waals surface area contributed by atoms with Gasteiger partial charge in [-0.15, -0.1) is 0 Å². The highest BCUT2D eigenvalue weighted by Gasteiger charge is 2.16. The minimum Gasteiger partial charge on any atom is -0.486 e. The summed E-state index contributed by atoms with van der Waals surface area (Å²) in [6.07, 6.45) is 0. The molecule has 0 atom stereocenters. The van der Waals surface area contributed by atoms with Crippen molar-refractivity contribution in [3.8, 4) is 11.5 Å². The first kappa shape index (κ1) is 13.1. The minimum absolute atomic E-state index is 0.330. The molecule has 2 aromatic carbocycles. The minimum atomic E-state index is -0.367. The second-order valence-corrected chi connectivity index (χ2v) is 5.16. The molecule has 0 aliphatic carbocycles. The van der Waals surface area contributed by atoms with Crippen molar-refractivity contribution in [2.75, 3.05) is 24.3 Å². The first-order valence-electron chi connectivity index (χ1n) is 6.05. The molecule has 0 bridgehead atoms. The molecule has 3 N–H and O–H groups in total. The Bertz CT molecular complexity index is 644. The normalized spacial score (nSPS) is 13.1. The van der Waals surface area contributed by atoms with Crippen molar-refractivity contribution < 1.29 is 13.9 Å². The molecule has 0 unspecified atom stereocenters. The Morgan fingerprint density at radius 3 is 2.55 bits per heavy atom. The number of anilines is 3. The third-order valence-electron chi connectivity index (χ3n) is 2.94. The van der Waals surface area contributed by atoms with Crippen molar-refractivity contribution in [1.29, 1.82) is 0 Å². The molecular formula is C14H12BrFN2O2. The molecule has 0 saturated carbocycles. The summed E-state index contributed by atoms with van der Waals surface area (Å²) in [5.41, 5.74) is 7.32. The van der Waals surface area contributed by atoms with Crippen LogP contribution in [0.25, 0.3) is 0 Å². The molecule has 1 aliphatic rings. The molecule has 0 radical (unpaired) electrons. The van der Waals surface area contributed by atoms with Crippen molar-refractivity contribution in [2.45, 2.75) is 0 Å². The predicted molar refractivity (Wildman–Crippen MR) is 79.2 cm³/mol. The number of ether oxygens (including phenoxy) is 2. The number of fused-ring (bicyclic) bond motifs is 1. The number of nitrogens with two attached hydrogens (primary N) is 1. The number of rotatable bonds is 2. The molecule has 20 heavy (non-hydrogen) atoms. The van der Waals surface area contributed by atoms with Crippen LogP contribution in [0.3, 0.4) is 0 Å². The summed E-state index contributed by atoms with van der Waals surface area (Å²) in [6, 6.07) is 8.13. The SMILES string of the molecule is Nc1cc2c(cc1Nc1c(F)cccc1Br)OCCO2. The van der Waals surface area contributed by atoms with E-state index in [1.54, 1.807) is 24.3 Å². The van der Waals surface area contributed by atoms with Crippen LogP contribution in [0.15, 0.2) is 34.8 Å². The third kappa shape index (κ3) is 2.38. The Morgan fingerprint density at radius 2 is 1.85 bits per heavy atom. The Hall–Kier alpha value is -1.95. The molecule has 0 spiro atoms. The first-order chi connectivity index (χ1) is 9.65. The van der Waals surface area contributed by atoms with Crippen LogP contribution in [0, 0.1) is 5.82 Å². The highest BCUT2D eigenvalue weighted by molar-refractivity contribution is 9.10.